The van der Waals surface area contributed by atoms with Crippen molar-refractivity contribution in [2.45, 2.75) is 12.8 Å². The molecular formula is C21H16ClN3O2. The Labute approximate surface area is 162 Å². The molecule has 0 fully saturated rings. The van der Waals surface area contributed by atoms with Gasteiger partial charge in [-0.2, -0.15) is 10.4 Å². The smallest absolute Gasteiger partial charge is 0.193 e. The van der Waals surface area contributed by atoms with E-state index in [0.717, 1.165) is 5.56 Å². The molecule has 0 amide bonds. The van der Waals surface area contributed by atoms with Gasteiger partial charge in [0, 0.05) is 11.1 Å². The average Bonchev–Trinajstić information content (AvgIpc) is 2.70. The summed E-state index contributed by atoms with van der Waals surface area (Å²) in [6.45, 7) is 1.87. The predicted molar refractivity (Wildman–Crippen MR) is 102 cm³/mol. The molecule has 3 aromatic rings. The number of methoxy groups -OCH3 is 1. The molecule has 1 aromatic heterocycles. The minimum Gasteiger partial charge on any atom is -0.497 e. The van der Waals surface area contributed by atoms with Crippen LogP contribution in [0, 0.1) is 18.3 Å². The zero-order valence-corrected chi connectivity index (χ0v) is 15.6. The van der Waals surface area contributed by atoms with Gasteiger partial charge in [0.2, 0.25) is 0 Å². The minimum absolute atomic E-state index is 0.168. The van der Waals surface area contributed by atoms with Crippen LogP contribution in [0.25, 0.3) is 0 Å². The third-order valence-electron chi connectivity index (χ3n) is 4.29. The lowest BCUT2D eigenvalue weighted by molar-refractivity contribution is 0.103. The van der Waals surface area contributed by atoms with Crippen LogP contribution in [0.4, 0.5) is 0 Å². The van der Waals surface area contributed by atoms with Gasteiger partial charge in [-0.15, -0.1) is 5.10 Å². The molecule has 2 aromatic carbocycles. The van der Waals surface area contributed by atoms with E-state index in [1.807, 2.05) is 13.0 Å². The van der Waals surface area contributed by atoms with Crippen LogP contribution in [0.1, 0.15) is 38.7 Å². The minimum atomic E-state index is -0.729. The van der Waals surface area contributed by atoms with Gasteiger partial charge in [-0.25, -0.2) is 0 Å². The number of nitriles is 1. The second-order valence-corrected chi connectivity index (χ2v) is 6.32. The van der Waals surface area contributed by atoms with Gasteiger partial charge < -0.3 is 4.74 Å². The fourth-order valence-corrected chi connectivity index (χ4v) is 3.02. The number of aromatic nitrogens is 2. The number of hydrogen-bond donors (Lipinski definition) is 0. The van der Waals surface area contributed by atoms with Crippen molar-refractivity contribution >= 4 is 17.4 Å². The molecule has 134 valence electrons. The lowest BCUT2D eigenvalue weighted by atomic mass is 9.86. The third-order valence-corrected chi connectivity index (χ3v) is 4.49. The van der Waals surface area contributed by atoms with E-state index in [4.69, 9.17) is 16.3 Å². The molecule has 0 aliphatic heterocycles. The van der Waals surface area contributed by atoms with E-state index in [1.54, 1.807) is 55.6 Å². The summed E-state index contributed by atoms with van der Waals surface area (Å²) in [5, 5.41) is 17.9. The van der Waals surface area contributed by atoms with Crippen molar-refractivity contribution in [3.63, 3.8) is 0 Å². The summed E-state index contributed by atoms with van der Waals surface area (Å²) in [6, 6.07) is 17.7. The van der Waals surface area contributed by atoms with Crippen LogP contribution < -0.4 is 4.74 Å². The van der Waals surface area contributed by atoms with Crippen LogP contribution in [0.15, 0.2) is 54.6 Å². The second-order valence-electron chi connectivity index (χ2n) is 5.94. The van der Waals surface area contributed by atoms with Gasteiger partial charge in [0.25, 0.3) is 0 Å². The first-order valence-electron chi connectivity index (χ1n) is 8.22. The number of rotatable bonds is 5. The Hall–Kier alpha value is -3.23. The van der Waals surface area contributed by atoms with Crippen molar-refractivity contribution in [2.75, 3.05) is 7.11 Å². The molecule has 1 atom stereocenters. The maximum atomic E-state index is 13.1. The van der Waals surface area contributed by atoms with Crippen LogP contribution in [0.5, 0.6) is 5.75 Å². The van der Waals surface area contributed by atoms with E-state index in [-0.39, 0.29) is 10.9 Å². The molecule has 0 saturated carbocycles. The van der Waals surface area contributed by atoms with Gasteiger partial charge >= 0.3 is 0 Å². The summed E-state index contributed by atoms with van der Waals surface area (Å²) >= 11 is 5.80. The van der Waals surface area contributed by atoms with Crippen molar-refractivity contribution in [1.82, 2.24) is 10.2 Å². The van der Waals surface area contributed by atoms with Gasteiger partial charge in [-0.3, -0.25) is 4.79 Å². The van der Waals surface area contributed by atoms with Gasteiger partial charge in [0.15, 0.2) is 10.9 Å². The van der Waals surface area contributed by atoms with E-state index in [1.165, 1.54) is 0 Å². The molecule has 0 aliphatic rings. The Kier molecular flexibility index (Phi) is 5.49. The molecule has 5 nitrogen and oxygen atoms in total. The Bertz CT molecular complexity index is 1010. The number of benzene rings is 2. The number of nitrogens with zero attached hydrogens (tertiary/aromatic N) is 3. The van der Waals surface area contributed by atoms with Crippen molar-refractivity contribution in [2.24, 2.45) is 0 Å². The number of hydrogen-bond acceptors (Lipinski definition) is 5. The van der Waals surface area contributed by atoms with Crippen LogP contribution >= 0.6 is 11.6 Å². The Morgan fingerprint density at radius 3 is 2.44 bits per heavy atom. The maximum absolute atomic E-state index is 13.1. The zero-order chi connectivity index (χ0) is 19.4. The number of aryl methyl sites for hydroxylation is 1. The fraction of sp³-hybridized carbons (Fsp3) is 0.143. The van der Waals surface area contributed by atoms with Crippen molar-refractivity contribution < 1.29 is 9.53 Å². The van der Waals surface area contributed by atoms with Gasteiger partial charge in [0.05, 0.1) is 18.9 Å². The lowest BCUT2D eigenvalue weighted by Crippen LogP contribution is -2.12. The van der Waals surface area contributed by atoms with E-state index < -0.39 is 5.92 Å². The number of ketones is 1. The SMILES string of the molecule is COc1ccc(C(=O)c2cccc(C)c2C(C#N)c2ccc(Cl)nn2)cc1. The number of halogens is 1. The molecule has 0 spiro atoms. The maximum Gasteiger partial charge on any atom is 0.193 e. The highest BCUT2D eigenvalue weighted by molar-refractivity contribution is 6.29. The van der Waals surface area contributed by atoms with E-state index in [9.17, 15) is 10.1 Å². The quantitative estimate of drug-likeness (QED) is 0.618. The Morgan fingerprint density at radius 2 is 1.85 bits per heavy atom. The first kappa shape index (κ1) is 18.6. The first-order valence-corrected chi connectivity index (χ1v) is 8.60. The van der Waals surface area contributed by atoms with Gasteiger partial charge in [-0.1, -0.05) is 29.8 Å². The van der Waals surface area contributed by atoms with Crippen LogP contribution in [-0.2, 0) is 0 Å². The zero-order valence-electron chi connectivity index (χ0n) is 14.8. The Balaban J connectivity index is 2.09. The monoisotopic (exact) mass is 377 g/mol. The van der Waals surface area contributed by atoms with Crippen LogP contribution in [-0.4, -0.2) is 23.1 Å². The molecule has 3 rings (SSSR count). The molecule has 0 saturated heterocycles. The topological polar surface area (TPSA) is 75.9 Å². The predicted octanol–water partition coefficient (Wildman–Crippen LogP) is 4.33. The fourth-order valence-electron chi connectivity index (χ4n) is 2.92. The summed E-state index contributed by atoms with van der Waals surface area (Å²) in [5.41, 5.74) is 2.88. The molecular weight excluding hydrogens is 362 g/mol. The normalized spacial score (nSPS) is 11.5. The van der Waals surface area contributed by atoms with Crippen molar-refractivity contribution in [1.29, 1.82) is 5.26 Å². The molecule has 6 heteroatoms. The molecule has 0 bridgehead atoms. The molecule has 0 radical (unpaired) electrons. The highest BCUT2D eigenvalue weighted by atomic mass is 35.5. The van der Waals surface area contributed by atoms with E-state index in [2.05, 4.69) is 16.3 Å². The molecule has 27 heavy (non-hydrogen) atoms. The summed E-state index contributed by atoms with van der Waals surface area (Å²) in [5.74, 6) is -0.228. The molecule has 0 N–H and O–H groups in total. The number of carbonyl (C=O) groups is 1. The summed E-state index contributed by atoms with van der Waals surface area (Å²) in [7, 11) is 1.57. The van der Waals surface area contributed by atoms with E-state index >= 15 is 0 Å². The summed E-state index contributed by atoms with van der Waals surface area (Å²) in [6.07, 6.45) is 0. The third kappa shape index (κ3) is 3.81. The van der Waals surface area contributed by atoms with Gasteiger partial charge in [-0.05, 0) is 54.4 Å². The largest absolute Gasteiger partial charge is 0.497 e. The summed E-state index contributed by atoms with van der Waals surface area (Å²) in [4.78, 5) is 13.1. The highest BCUT2D eigenvalue weighted by Gasteiger charge is 2.24. The number of ether oxygens (including phenoxy) is 1. The number of carbonyl (C=O) groups excluding carboxylic acids is 1. The molecule has 1 unspecified atom stereocenters. The van der Waals surface area contributed by atoms with Gasteiger partial charge in [0.1, 0.15) is 11.7 Å². The Morgan fingerprint density at radius 1 is 1.11 bits per heavy atom. The van der Waals surface area contributed by atoms with Crippen molar-refractivity contribution in [3.8, 4) is 11.8 Å². The highest BCUT2D eigenvalue weighted by Crippen LogP contribution is 2.30. The average molecular weight is 378 g/mol. The second kappa shape index (κ2) is 7.98. The van der Waals surface area contributed by atoms with E-state index in [0.29, 0.717) is 28.1 Å². The molecule has 1 heterocycles. The molecule has 0 aliphatic carbocycles. The van der Waals surface area contributed by atoms with Crippen molar-refractivity contribution in [3.05, 3.63) is 87.7 Å². The standard InChI is InChI=1S/C21H16ClN3O2/c1-13-4-3-5-16(21(26)14-6-8-15(27-2)9-7-14)20(13)17(12-23)18-10-11-19(22)25-24-18/h3-11,17H,1-2H3. The summed E-state index contributed by atoms with van der Waals surface area (Å²) < 4.78 is 5.14. The van der Waals surface area contributed by atoms with Crippen LogP contribution in [0.2, 0.25) is 5.15 Å². The first-order chi connectivity index (χ1) is 13.0. The lowest BCUT2D eigenvalue weighted by Gasteiger charge is -2.16. The van der Waals surface area contributed by atoms with Crippen LogP contribution in [0.3, 0.4) is 0 Å².